The molecular weight excluding hydrogens is 430 g/mol. The lowest BCUT2D eigenvalue weighted by Gasteiger charge is -2.31. The Labute approximate surface area is 200 Å². The number of Topliss-reactive ketones (excluding diaryl/α,β-unsaturated/α-hetero) is 1. The zero-order valence-corrected chi connectivity index (χ0v) is 19.4. The smallest absolute Gasteiger partial charge is 0.410 e. The van der Waals surface area contributed by atoms with Crippen molar-refractivity contribution in [3.63, 3.8) is 0 Å². The fourth-order valence-electron chi connectivity index (χ4n) is 5.30. The van der Waals surface area contributed by atoms with Crippen LogP contribution in [0.4, 0.5) is 4.79 Å². The van der Waals surface area contributed by atoms with Crippen molar-refractivity contribution in [3.8, 4) is 0 Å². The molecule has 0 unspecified atom stereocenters. The number of rotatable bonds is 5. The van der Waals surface area contributed by atoms with Crippen molar-refractivity contribution in [2.75, 3.05) is 32.7 Å². The minimum atomic E-state index is -0.355. The van der Waals surface area contributed by atoms with Crippen molar-refractivity contribution < 1.29 is 19.1 Å². The quantitative estimate of drug-likeness (QED) is 0.690. The van der Waals surface area contributed by atoms with Crippen LogP contribution in [0.15, 0.2) is 54.6 Å². The van der Waals surface area contributed by atoms with Gasteiger partial charge in [0.05, 0.1) is 6.54 Å². The van der Waals surface area contributed by atoms with E-state index in [9.17, 15) is 14.4 Å². The Balaban J connectivity index is 1.15. The Bertz CT molecular complexity index is 1040. The van der Waals surface area contributed by atoms with Crippen LogP contribution in [0.3, 0.4) is 0 Å². The highest BCUT2D eigenvalue weighted by molar-refractivity contribution is 5.98. The molecule has 0 aliphatic carbocycles. The molecule has 0 radical (unpaired) electrons. The van der Waals surface area contributed by atoms with Crippen LogP contribution in [-0.4, -0.2) is 65.9 Å². The van der Waals surface area contributed by atoms with E-state index in [1.807, 2.05) is 59.5 Å². The lowest BCUT2D eigenvalue weighted by molar-refractivity contribution is 0.0316. The van der Waals surface area contributed by atoms with E-state index in [0.717, 1.165) is 37.1 Å². The first kappa shape index (κ1) is 22.6. The fraction of sp³-hybridized carbons (Fsp3) is 0.444. The first-order valence-corrected chi connectivity index (χ1v) is 12.2. The van der Waals surface area contributed by atoms with Crippen LogP contribution in [0.25, 0.3) is 0 Å². The number of nitrogens with one attached hydrogen (secondary N) is 1. The molecule has 3 heterocycles. The zero-order chi connectivity index (χ0) is 23.5. The summed E-state index contributed by atoms with van der Waals surface area (Å²) in [5, 5.41) is 3.31. The van der Waals surface area contributed by atoms with Gasteiger partial charge in [0.2, 0.25) is 0 Å². The van der Waals surface area contributed by atoms with Gasteiger partial charge in [0.1, 0.15) is 5.60 Å². The molecule has 2 aromatic rings. The molecule has 7 nitrogen and oxygen atoms in total. The Morgan fingerprint density at radius 1 is 0.941 bits per heavy atom. The summed E-state index contributed by atoms with van der Waals surface area (Å²) >= 11 is 0. The molecule has 3 saturated heterocycles. The van der Waals surface area contributed by atoms with Crippen LogP contribution < -0.4 is 5.32 Å². The number of carbonyl (C=O) groups is 3. The predicted octanol–water partition coefficient (Wildman–Crippen LogP) is 3.50. The third-order valence-electron chi connectivity index (χ3n) is 7.34. The summed E-state index contributed by atoms with van der Waals surface area (Å²) in [6.07, 6.45) is 2.81. The van der Waals surface area contributed by atoms with Gasteiger partial charge in [-0.05, 0) is 43.6 Å². The maximum absolute atomic E-state index is 13.0. The topological polar surface area (TPSA) is 79.0 Å². The third kappa shape index (κ3) is 4.71. The van der Waals surface area contributed by atoms with E-state index in [0.29, 0.717) is 44.6 Å². The van der Waals surface area contributed by atoms with E-state index in [4.69, 9.17) is 4.74 Å². The molecule has 0 atom stereocenters. The van der Waals surface area contributed by atoms with Crippen molar-refractivity contribution in [2.24, 2.45) is 5.92 Å². The number of amides is 2. The highest BCUT2D eigenvalue weighted by atomic mass is 16.6. The van der Waals surface area contributed by atoms with Gasteiger partial charge in [-0.1, -0.05) is 42.5 Å². The number of carbonyl (C=O) groups excluding carboxylic acids is 3. The number of likely N-dealkylation sites (tertiary alicyclic amines) is 1. The van der Waals surface area contributed by atoms with Gasteiger partial charge in [0.15, 0.2) is 5.78 Å². The second kappa shape index (κ2) is 9.58. The van der Waals surface area contributed by atoms with Crippen LogP contribution >= 0.6 is 0 Å². The zero-order valence-electron chi connectivity index (χ0n) is 19.4. The Morgan fingerprint density at radius 2 is 1.62 bits per heavy atom. The first-order chi connectivity index (χ1) is 16.5. The summed E-state index contributed by atoms with van der Waals surface area (Å²) < 4.78 is 5.73. The van der Waals surface area contributed by atoms with Crippen molar-refractivity contribution in [1.82, 2.24) is 15.1 Å². The second-order valence-electron chi connectivity index (χ2n) is 9.65. The second-order valence-corrected chi connectivity index (χ2v) is 9.65. The Kier molecular flexibility index (Phi) is 6.37. The van der Waals surface area contributed by atoms with Crippen LogP contribution in [0.2, 0.25) is 0 Å². The molecule has 1 N–H and O–H groups in total. The lowest BCUT2D eigenvalue weighted by atomic mass is 9.88. The van der Waals surface area contributed by atoms with Crippen molar-refractivity contribution in [1.29, 1.82) is 0 Å². The van der Waals surface area contributed by atoms with Crippen molar-refractivity contribution in [3.05, 3.63) is 71.3 Å². The Morgan fingerprint density at radius 3 is 2.29 bits per heavy atom. The number of hydrogen-bond acceptors (Lipinski definition) is 5. The molecule has 3 fully saturated rings. The molecule has 34 heavy (non-hydrogen) atoms. The largest absolute Gasteiger partial charge is 0.441 e. The minimum absolute atomic E-state index is 0.00796. The summed E-state index contributed by atoms with van der Waals surface area (Å²) in [6, 6.07) is 16.9. The number of hydrogen-bond donors (Lipinski definition) is 1. The predicted molar refractivity (Wildman–Crippen MR) is 128 cm³/mol. The van der Waals surface area contributed by atoms with E-state index in [1.165, 1.54) is 0 Å². The summed E-state index contributed by atoms with van der Waals surface area (Å²) in [7, 11) is 0. The highest BCUT2D eigenvalue weighted by Crippen LogP contribution is 2.32. The molecule has 2 aromatic carbocycles. The summed E-state index contributed by atoms with van der Waals surface area (Å²) in [5.41, 5.74) is 2.00. The molecule has 0 aromatic heterocycles. The van der Waals surface area contributed by atoms with Crippen molar-refractivity contribution in [2.45, 2.75) is 37.8 Å². The normalized spacial score (nSPS) is 20.4. The van der Waals surface area contributed by atoms with Gasteiger partial charge in [0.25, 0.3) is 5.91 Å². The standard InChI is InChI=1S/C27H31N3O4/c31-24(21-4-2-1-3-5-21)22-10-16-29(17-11-22)25(32)23-8-6-20(7-9-23)18-30-19-27(34-26(30)33)12-14-28-15-13-27/h1-9,22,28H,10-19H2. The summed E-state index contributed by atoms with van der Waals surface area (Å²) in [6.45, 7) is 4.01. The van der Waals surface area contributed by atoms with Crippen LogP contribution in [0.1, 0.15) is 52.0 Å². The SMILES string of the molecule is O=C(c1ccccc1)C1CCN(C(=O)c2ccc(CN3CC4(CCNCC4)OC3=O)cc2)CC1. The average Bonchev–Trinajstić information content (AvgIpc) is 3.18. The Hall–Kier alpha value is -3.19. The fourth-order valence-corrected chi connectivity index (χ4v) is 5.30. The minimum Gasteiger partial charge on any atom is -0.441 e. The van der Waals surface area contributed by atoms with Crippen LogP contribution in [0.5, 0.6) is 0 Å². The summed E-state index contributed by atoms with van der Waals surface area (Å²) in [4.78, 5) is 41.7. The number of ketones is 1. The maximum atomic E-state index is 13.0. The molecule has 178 valence electrons. The number of benzene rings is 2. The number of piperidine rings is 2. The van der Waals surface area contributed by atoms with Gasteiger partial charge < -0.3 is 15.0 Å². The molecule has 2 amide bonds. The first-order valence-electron chi connectivity index (χ1n) is 12.2. The maximum Gasteiger partial charge on any atom is 0.410 e. The van der Waals surface area contributed by atoms with Crippen molar-refractivity contribution >= 4 is 17.8 Å². The lowest BCUT2D eigenvalue weighted by Crippen LogP contribution is -2.44. The van der Waals surface area contributed by atoms with E-state index in [-0.39, 0.29) is 29.3 Å². The molecular formula is C27H31N3O4. The molecule has 5 rings (SSSR count). The van der Waals surface area contributed by atoms with E-state index >= 15 is 0 Å². The number of ether oxygens (including phenoxy) is 1. The van der Waals surface area contributed by atoms with E-state index in [1.54, 1.807) is 4.90 Å². The van der Waals surface area contributed by atoms with Crippen LogP contribution in [-0.2, 0) is 11.3 Å². The van der Waals surface area contributed by atoms with Gasteiger partial charge in [-0.3, -0.25) is 14.5 Å². The molecule has 3 aliphatic heterocycles. The molecule has 0 saturated carbocycles. The molecule has 7 heteroatoms. The molecule has 3 aliphatic rings. The van der Waals surface area contributed by atoms with Gasteiger partial charge in [-0.2, -0.15) is 0 Å². The van der Waals surface area contributed by atoms with E-state index < -0.39 is 0 Å². The van der Waals surface area contributed by atoms with Gasteiger partial charge in [0, 0.05) is 49.5 Å². The van der Waals surface area contributed by atoms with E-state index in [2.05, 4.69) is 5.32 Å². The monoisotopic (exact) mass is 461 g/mol. The number of nitrogens with zero attached hydrogens (tertiary/aromatic N) is 2. The summed E-state index contributed by atoms with van der Waals surface area (Å²) in [5.74, 6) is 0.132. The highest BCUT2D eigenvalue weighted by Gasteiger charge is 2.45. The van der Waals surface area contributed by atoms with Gasteiger partial charge in [-0.15, -0.1) is 0 Å². The molecule has 0 bridgehead atoms. The van der Waals surface area contributed by atoms with Gasteiger partial charge >= 0.3 is 6.09 Å². The van der Waals surface area contributed by atoms with Crippen LogP contribution in [0, 0.1) is 5.92 Å². The molecule has 1 spiro atoms. The average molecular weight is 462 g/mol. The third-order valence-corrected chi connectivity index (χ3v) is 7.34. The van der Waals surface area contributed by atoms with Gasteiger partial charge in [-0.25, -0.2) is 4.79 Å².